The van der Waals surface area contributed by atoms with Crippen LogP contribution in [0.5, 0.6) is 0 Å². The Kier molecular flexibility index (Phi) is 6.45. The van der Waals surface area contributed by atoms with E-state index in [0.717, 1.165) is 12.1 Å². The second-order valence-electron chi connectivity index (χ2n) is 6.23. The molecule has 2 rings (SSSR count). The topological polar surface area (TPSA) is 49.4 Å². The lowest BCUT2D eigenvalue weighted by molar-refractivity contribution is -0.140. The zero-order chi connectivity index (χ0) is 19.3. The quantitative estimate of drug-likeness (QED) is 0.796. The van der Waals surface area contributed by atoms with Crippen LogP contribution in [0.1, 0.15) is 32.3 Å². The summed E-state index contributed by atoms with van der Waals surface area (Å²) in [6, 6.07) is 4.30. The number of carbonyl (C=O) groups excluding carboxylic acids is 2. The molecule has 1 aromatic rings. The van der Waals surface area contributed by atoms with E-state index < -0.39 is 23.6 Å². The van der Waals surface area contributed by atoms with E-state index in [1.807, 2.05) is 26.0 Å². The van der Waals surface area contributed by atoms with Gasteiger partial charge in [0.15, 0.2) is 0 Å². The second kappa shape index (κ2) is 8.38. The fourth-order valence-electron chi connectivity index (χ4n) is 3.12. The van der Waals surface area contributed by atoms with Crippen molar-refractivity contribution in [1.82, 2.24) is 4.90 Å². The molecule has 7 heteroatoms. The molecule has 0 radical (unpaired) electrons. The number of nitrogens with one attached hydrogen (secondary N) is 1. The van der Waals surface area contributed by atoms with Gasteiger partial charge in [-0.25, -0.2) is 0 Å². The highest BCUT2D eigenvalue weighted by Crippen LogP contribution is 2.31. The molecule has 0 saturated carbocycles. The van der Waals surface area contributed by atoms with E-state index in [-0.39, 0.29) is 17.5 Å². The number of halogens is 3. The fourth-order valence-corrected chi connectivity index (χ4v) is 3.12. The van der Waals surface area contributed by atoms with Gasteiger partial charge in [0.25, 0.3) is 0 Å². The van der Waals surface area contributed by atoms with Crippen molar-refractivity contribution in [3.05, 3.63) is 42.0 Å². The highest BCUT2D eigenvalue weighted by Gasteiger charge is 2.36. The Morgan fingerprint density at radius 1 is 1.04 bits per heavy atom. The van der Waals surface area contributed by atoms with Crippen LogP contribution in [0.25, 0.3) is 0 Å². The largest absolute Gasteiger partial charge is 0.416 e. The molecule has 0 aliphatic heterocycles. The molecule has 0 spiro atoms. The normalized spacial score (nSPS) is 19.9. The van der Waals surface area contributed by atoms with Gasteiger partial charge in [-0.3, -0.25) is 9.59 Å². The van der Waals surface area contributed by atoms with Crippen LogP contribution in [0, 0.1) is 11.8 Å². The van der Waals surface area contributed by atoms with Crippen LogP contribution in [-0.4, -0.2) is 29.8 Å². The number of hydrogen-bond donors (Lipinski definition) is 1. The lowest BCUT2D eigenvalue weighted by Crippen LogP contribution is -2.43. The molecule has 2 amide bonds. The van der Waals surface area contributed by atoms with Crippen molar-refractivity contribution in [1.29, 1.82) is 0 Å². The molecule has 1 aliphatic carbocycles. The molecular formula is C19H23F3N2O2. The minimum Gasteiger partial charge on any atom is -0.343 e. The van der Waals surface area contributed by atoms with Crippen molar-refractivity contribution in [3.63, 3.8) is 0 Å². The van der Waals surface area contributed by atoms with Gasteiger partial charge in [-0.05, 0) is 51.0 Å². The molecule has 1 N–H and O–H groups in total. The molecule has 1 aliphatic rings. The van der Waals surface area contributed by atoms with Crippen molar-refractivity contribution in [2.75, 3.05) is 18.4 Å². The van der Waals surface area contributed by atoms with Crippen molar-refractivity contribution in [2.45, 2.75) is 32.9 Å². The predicted octanol–water partition coefficient (Wildman–Crippen LogP) is 4.09. The van der Waals surface area contributed by atoms with Crippen LogP contribution >= 0.6 is 0 Å². The maximum absolute atomic E-state index is 12.7. The molecule has 0 heterocycles. The highest BCUT2D eigenvalue weighted by molar-refractivity contribution is 5.96. The van der Waals surface area contributed by atoms with E-state index in [2.05, 4.69) is 5.32 Å². The predicted molar refractivity (Wildman–Crippen MR) is 93.4 cm³/mol. The molecule has 0 bridgehead atoms. The maximum Gasteiger partial charge on any atom is 0.416 e. The van der Waals surface area contributed by atoms with E-state index in [1.54, 1.807) is 4.90 Å². The number of rotatable bonds is 5. The first-order chi connectivity index (χ1) is 12.3. The van der Waals surface area contributed by atoms with E-state index in [0.29, 0.717) is 25.9 Å². The molecule has 0 aromatic heterocycles. The Balaban J connectivity index is 2.11. The number of benzene rings is 1. The SMILES string of the molecule is CCN(CC)C(=O)C1CC=CCC1C(=O)Nc1ccc(C(F)(F)F)cc1. The first-order valence-electron chi connectivity index (χ1n) is 8.69. The Morgan fingerprint density at radius 3 is 2.08 bits per heavy atom. The number of alkyl halides is 3. The summed E-state index contributed by atoms with van der Waals surface area (Å²) in [5, 5.41) is 2.64. The third kappa shape index (κ3) is 4.65. The molecule has 0 fully saturated rings. The van der Waals surface area contributed by atoms with Crippen molar-refractivity contribution in [3.8, 4) is 0 Å². The summed E-state index contributed by atoms with van der Waals surface area (Å²) in [7, 11) is 0. The Labute approximate surface area is 151 Å². The standard InChI is InChI=1S/C19H23F3N2O2/c1-3-24(4-2)18(26)16-8-6-5-7-15(16)17(25)23-14-11-9-13(10-12-14)19(20,21)22/h5-6,9-12,15-16H,3-4,7-8H2,1-2H3,(H,23,25). The number of hydrogen-bond acceptors (Lipinski definition) is 2. The van der Waals surface area contributed by atoms with Crippen LogP contribution in [0.15, 0.2) is 36.4 Å². The van der Waals surface area contributed by atoms with Gasteiger partial charge in [-0.2, -0.15) is 13.2 Å². The van der Waals surface area contributed by atoms with Crippen LogP contribution in [0.4, 0.5) is 18.9 Å². The van der Waals surface area contributed by atoms with Gasteiger partial charge in [0.05, 0.1) is 17.4 Å². The van der Waals surface area contributed by atoms with Gasteiger partial charge in [-0.1, -0.05) is 12.2 Å². The average Bonchev–Trinajstić information content (AvgIpc) is 2.62. The number of allylic oxidation sites excluding steroid dienone is 2. The van der Waals surface area contributed by atoms with E-state index in [1.165, 1.54) is 12.1 Å². The summed E-state index contributed by atoms with van der Waals surface area (Å²) in [4.78, 5) is 27.0. The third-order valence-corrected chi connectivity index (χ3v) is 4.64. The molecule has 1 aromatic carbocycles. The molecule has 2 atom stereocenters. The fraction of sp³-hybridized carbons (Fsp3) is 0.474. The van der Waals surface area contributed by atoms with E-state index >= 15 is 0 Å². The van der Waals surface area contributed by atoms with Gasteiger partial charge < -0.3 is 10.2 Å². The lowest BCUT2D eigenvalue weighted by Gasteiger charge is -2.31. The van der Waals surface area contributed by atoms with Crippen LogP contribution in [0.2, 0.25) is 0 Å². The summed E-state index contributed by atoms with van der Waals surface area (Å²) < 4.78 is 37.9. The van der Waals surface area contributed by atoms with Crippen LogP contribution in [-0.2, 0) is 15.8 Å². The molecule has 26 heavy (non-hydrogen) atoms. The molecule has 2 unspecified atom stereocenters. The molecule has 4 nitrogen and oxygen atoms in total. The van der Waals surface area contributed by atoms with Gasteiger partial charge >= 0.3 is 6.18 Å². The van der Waals surface area contributed by atoms with Gasteiger partial charge in [0.1, 0.15) is 0 Å². The minimum atomic E-state index is -4.42. The van der Waals surface area contributed by atoms with Crippen LogP contribution in [0.3, 0.4) is 0 Å². The molecule has 142 valence electrons. The third-order valence-electron chi connectivity index (χ3n) is 4.64. The van der Waals surface area contributed by atoms with Gasteiger partial charge in [-0.15, -0.1) is 0 Å². The molecular weight excluding hydrogens is 345 g/mol. The number of nitrogens with zero attached hydrogens (tertiary/aromatic N) is 1. The maximum atomic E-state index is 12.7. The smallest absolute Gasteiger partial charge is 0.343 e. The Hall–Kier alpha value is -2.31. The first-order valence-corrected chi connectivity index (χ1v) is 8.69. The molecule has 0 saturated heterocycles. The van der Waals surface area contributed by atoms with Crippen molar-refractivity contribution in [2.24, 2.45) is 11.8 Å². The lowest BCUT2D eigenvalue weighted by atomic mass is 9.81. The number of anilines is 1. The highest BCUT2D eigenvalue weighted by atomic mass is 19.4. The summed E-state index contributed by atoms with van der Waals surface area (Å²) >= 11 is 0. The minimum absolute atomic E-state index is 0.0630. The van der Waals surface area contributed by atoms with E-state index in [4.69, 9.17) is 0 Å². The van der Waals surface area contributed by atoms with Crippen molar-refractivity contribution >= 4 is 17.5 Å². The van der Waals surface area contributed by atoms with Gasteiger partial charge in [0, 0.05) is 18.8 Å². The monoisotopic (exact) mass is 368 g/mol. The summed E-state index contributed by atoms with van der Waals surface area (Å²) in [6.45, 7) is 4.92. The summed E-state index contributed by atoms with van der Waals surface area (Å²) in [5.41, 5.74) is -0.489. The van der Waals surface area contributed by atoms with Crippen LogP contribution < -0.4 is 5.32 Å². The first kappa shape index (κ1) is 20.0. The van der Waals surface area contributed by atoms with Gasteiger partial charge in [0.2, 0.25) is 11.8 Å². The zero-order valence-corrected chi connectivity index (χ0v) is 14.8. The summed E-state index contributed by atoms with van der Waals surface area (Å²) in [5.74, 6) is -1.39. The zero-order valence-electron chi connectivity index (χ0n) is 14.8. The average molecular weight is 368 g/mol. The number of carbonyl (C=O) groups is 2. The second-order valence-corrected chi connectivity index (χ2v) is 6.23. The Bertz CT molecular complexity index is 664. The summed E-state index contributed by atoms with van der Waals surface area (Å²) in [6.07, 6.45) is 0.263. The Morgan fingerprint density at radius 2 is 1.58 bits per heavy atom. The van der Waals surface area contributed by atoms with E-state index in [9.17, 15) is 22.8 Å². The number of amides is 2. The van der Waals surface area contributed by atoms with Crippen molar-refractivity contribution < 1.29 is 22.8 Å².